The largest absolute Gasteiger partial charge is 0.491 e. The van der Waals surface area contributed by atoms with Crippen molar-refractivity contribution in [2.75, 3.05) is 18.1 Å². The van der Waals surface area contributed by atoms with Gasteiger partial charge in [0.15, 0.2) is 0 Å². The van der Waals surface area contributed by atoms with E-state index in [4.69, 9.17) is 4.74 Å². The smallest absolute Gasteiger partial charge is 0.119 e. The van der Waals surface area contributed by atoms with Gasteiger partial charge in [-0.05, 0) is 31.2 Å². The second-order valence-corrected chi connectivity index (χ2v) is 5.00. The van der Waals surface area contributed by atoms with Crippen LogP contribution in [-0.2, 0) is 0 Å². The van der Waals surface area contributed by atoms with Crippen LogP contribution in [0, 0.1) is 6.92 Å². The summed E-state index contributed by atoms with van der Waals surface area (Å²) in [5, 5.41) is 9.65. The van der Waals surface area contributed by atoms with E-state index in [1.165, 1.54) is 5.56 Å². The third-order valence-electron chi connectivity index (χ3n) is 2.12. The third kappa shape index (κ3) is 5.42. The van der Waals surface area contributed by atoms with Gasteiger partial charge in [0.1, 0.15) is 12.4 Å². The molecular weight excluding hydrogens is 220 g/mol. The zero-order chi connectivity index (χ0) is 11.8. The Bertz CT molecular complexity index is 284. The number of hydrogen-bond donors (Lipinski definition) is 1. The Morgan fingerprint density at radius 1 is 1.31 bits per heavy atom. The van der Waals surface area contributed by atoms with E-state index in [0.29, 0.717) is 6.61 Å². The topological polar surface area (TPSA) is 29.5 Å². The average Bonchev–Trinajstić information content (AvgIpc) is 2.29. The zero-order valence-electron chi connectivity index (χ0n) is 9.98. The molecule has 0 spiro atoms. The van der Waals surface area contributed by atoms with Crippen LogP contribution < -0.4 is 4.74 Å². The molecule has 0 aliphatic carbocycles. The van der Waals surface area contributed by atoms with Gasteiger partial charge in [-0.15, -0.1) is 0 Å². The van der Waals surface area contributed by atoms with Gasteiger partial charge in [-0.2, -0.15) is 11.8 Å². The van der Waals surface area contributed by atoms with Crippen molar-refractivity contribution in [1.82, 2.24) is 0 Å². The fraction of sp³-hybridized carbons (Fsp3) is 0.538. The van der Waals surface area contributed by atoms with Crippen LogP contribution in [0.2, 0.25) is 0 Å². The van der Waals surface area contributed by atoms with E-state index in [9.17, 15) is 5.11 Å². The van der Waals surface area contributed by atoms with Crippen LogP contribution in [0.3, 0.4) is 0 Å². The van der Waals surface area contributed by atoms with E-state index in [0.717, 1.165) is 23.7 Å². The Morgan fingerprint density at radius 2 is 2.00 bits per heavy atom. The van der Waals surface area contributed by atoms with Crippen molar-refractivity contribution in [1.29, 1.82) is 0 Å². The molecule has 0 amide bonds. The fourth-order valence-corrected chi connectivity index (χ4v) is 2.06. The molecule has 0 saturated heterocycles. The van der Waals surface area contributed by atoms with Crippen LogP contribution in [0.5, 0.6) is 5.75 Å². The summed E-state index contributed by atoms with van der Waals surface area (Å²) in [7, 11) is 0. The molecule has 0 heterocycles. The molecule has 0 radical (unpaired) electrons. The van der Waals surface area contributed by atoms with E-state index in [-0.39, 0.29) is 6.10 Å². The summed E-state index contributed by atoms with van der Waals surface area (Å²) in [5.74, 6) is 2.67. The standard InChI is InChI=1S/C13H20O2S/c1-3-8-16-10-12(14)9-15-13-6-4-11(2)5-7-13/h4-7,12,14H,3,8-10H2,1-2H3. The monoisotopic (exact) mass is 240 g/mol. The summed E-state index contributed by atoms with van der Waals surface area (Å²) in [6.07, 6.45) is 0.772. The molecule has 1 rings (SSSR count). The third-order valence-corrected chi connectivity index (χ3v) is 3.44. The van der Waals surface area contributed by atoms with Crippen LogP contribution in [0.4, 0.5) is 0 Å². The second kappa shape index (κ2) is 7.58. The summed E-state index contributed by atoms with van der Waals surface area (Å²) >= 11 is 1.77. The van der Waals surface area contributed by atoms with Gasteiger partial charge in [0, 0.05) is 5.75 Å². The number of hydrogen-bond acceptors (Lipinski definition) is 3. The van der Waals surface area contributed by atoms with Crippen molar-refractivity contribution in [3.8, 4) is 5.75 Å². The van der Waals surface area contributed by atoms with Gasteiger partial charge in [0.05, 0.1) is 6.10 Å². The lowest BCUT2D eigenvalue weighted by molar-refractivity contribution is 0.126. The molecule has 90 valence electrons. The van der Waals surface area contributed by atoms with Crippen molar-refractivity contribution in [3.05, 3.63) is 29.8 Å². The lowest BCUT2D eigenvalue weighted by atomic mass is 10.2. The molecule has 3 heteroatoms. The Hall–Kier alpha value is -0.670. The average molecular weight is 240 g/mol. The number of rotatable bonds is 7. The van der Waals surface area contributed by atoms with E-state index >= 15 is 0 Å². The minimum absolute atomic E-state index is 0.375. The van der Waals surface area contributed by atoms with Crippen LogP contribution in [0.1, 0.15) is 18.9 Å². The highest BCUT2D eigenvalue weighted by molar-refractivity contribution is 7.99. The first kappa shape index (κ1) is 13.4. The van der Waals surface area contributed by atoms with Gasteiger partial charge in [-0.3, -0.25) is 0 Å². The second-order valence-electron chi connectivity index (χ2n) is 3.85. The highest BCUT2D eigenvalue weighted by atomic mass is 32.2. The first-order valence-electron chi connectivity index (χ1n) is 5.67. The number of aliphatic hydroxyl groups is 1. The molecule has 0 aliphatic heterocycles. The molecule has 1 aromatic rings. The van der Waals surface area contributed by atoms with Crippen molar-refractivity contribution >= 4 is 11.8 Å². The molecular formula is C13H20O2S. The van der Waals surface area contributed by atoms with Crippen molar-refractivity contribution in [3.63, 3.8) is 0 Å². The normalized spacial score (nSPS) is 12.4. The van der Waals surface area contributed by atoms with Crippen molar-refractivity contribution < 1.29 is 9.84 Å². The summed E-state index contributed by atoms with van der Waals surface area (Å²) in [4.78, 5) is 0. The number of benzene rings is 1. The maximum Gasteiger partial charge on any atom is 0.119 e. The minimum atomic E-state index is -0.377. The lowest BCUT2D eigenvalue weighted by Crippen LogP contribution is -2.20. The Balaban J connectivity index is 2.20. The molecule has 0 saturated carbocycles. The van der Waals surface area contributed by atoms with E-state index in [1.807, 2.05) is 31.2 Å². The highest BCUT2D eigenvalue weighted by Crippen LogP contribution is 2.12. The Kier molecular flexibility index (Phi) is 6.34. The van der Waals surface area contributed by atoms with Gasteiger partial charge in [0.2, 0.25) is 0 Å². The van der Waals surface area contributed by atoms with E-state index in [2.05, 4.69) is 6.92 Å². The molecule has 0 aromatic heterocycles. The quantitative estimate of drug-likeness (QED) is 0.743. The first-order chi connectivity index (χ1) is 7.72. The fourth-order valence-electron chi connectivity index (χ4n) is 1.24. The van der Waals surface area contributed by atoms with Crippen molar-refractivity contribution in [2.24, 2.45) is 0 Å². The molecule has 2 nitrogen and oxygen atoms in total. The molecule has 1 unspecified atom stereocenters. The molecule has 1 aromatic carbocycles. The Morgan fingerprint density at radius 3 is 2.62 bits per heavy atom. The van der Waals surface area contributed by atoms with Crippen LogP contribution in [-0.4, -0.2) is 29.3 Å². The van der Waals surface area contributed by atoms with Crippen LogP contribution in [0.25, 0.3) is 0 Å². The van der Waals surface area contributed by atoms with Gasteiger partial charge in [-0.25, -0.2) is 0 Å². The minimum Gasteiger partial charge on any atom is -0.491 e. The number of thioether (sulfide) groups is 1. The summed E-state index contributed by atoms with van der Waals surface area (Å²) in [6, 6.07) is 7.88. The van der Waals surface area contributed by atoms with Gasteiger partial charge >= 0.3 is 0 Å². The maximum absolute atomic E-state index is 9.65. The SMILES string of the molecule is CCCSCC(O)COc1ccc(C)cc1. The van der Waals surface area contributed by atoms with Gasteiger partial charge in [-0.1, -0.05) is 24.6 Å². The predicted molar refractivity (Wildman–Crippen MR) is 70.3 cm³/mol. The van der Waals surface area contributed by atoms with Gasteiger partial charge in [0.25, 0.3) is 0 Å². The zero-order valence-corrected chi connectivity index (χ0v) is 10.8. The first-order valence-corrected chi connectivity index (χ1v) is 6.83. The maximum atomic E-state index is 9.65. The number of aliphatic hydroxyl groups excluding tert-OH is 1. The summed E-state index contributed by atoms with van der Waals surface area (Å²) in [6.45, 7) is 4.56. The van der Waals surface area contributed by atoms with Gasteiger partial charge < -0.3 is 9.84 Å². The lowest BCUT2D eigenvalue weighted by Gasteiger charge is -2.11. The predicted octanol–water partition coefficient (Wildman–Crippen LogP) is 2.88. The number of ether oxygens (including phenoxy) is 1. The molecule has 1 atom stereocenters. The van der Waals surface area contributed by atoms with Crippen LogP contribution >= 0.6 is 11.8 Å². The molecule has 0 bridgehead atoms. The molecule has 1 N–H and O–H groups in total. The van der Waals surface area contributed by atoms with E-state index in [1.54, 1.807) is 11.8 Å². The molecule has 16 heavy (non-hydrogen) atoms. The van der Waals surface area contributed by atoms with E-state index < -0.39 is 0 Å². The Labute approximate surface area is 102 Å². The highest BCUT2D eigenvalue weighted by Gasteiger charge is 2.04. The molecule has 0 aliphatic rings. The summed E-state index contributed by atoms with van der Waals surface area (Å²) < 4.78 is 5.49. The molecule has 0 fully saturated rings. The van der Waals surface area contributed by atoms with Crippen LogP contribution in [0.15, 0.2) is 24.3 Å². The number of aryl methyl sites for hydroxylation is 1. The summed E-state index contributed by atoms with van der Waals surface area (Å²) in [5.41, 5.74) is 1.21. The van der Waals surface area contributed by atoms with Crippen molar-refractivity contribution in [2.45, 2.75) is 26.4 Å².